The van der Waals surface area contributed by atoms with Crippen molar-refractivity contribution in [3.8, 4) is 11.1 Å². The van der Waals surface area contributed by atoms with Crippen LogP contribution < -0.4 is 5.32 Å². The highest BCUT2D eigenvalue weighted by molar-refractivity contribution is 5.84. The first-order valence-corrected chi connectivity index (χ1v) is 11.3. The van der Waals surface area contributed by atoms with Gasteiger partial charge in [-0.2, -0.15) is 0 Å². The largest absolute Gasteiger partial charge is 0.481 e. The van der Waals surface area contributed by atoms with E-state index in [-0.39, 0.29) is 30.9 Å². The molecule has 7 heteroatoms. The minimum Gasteiger partial charge on any atom is -0.481 e. The van der Waals surface area contributed by atoms with Gasteiger partial charge in [0.05, 0.1) is 11.3 Å². The molecule has 1 fully saturated rings. The number of nitrogens with zero attached hydrogens (tertiary/aromatic N) is 1. The van der Waals surface area contributed by atoms with Crippen LogP contribution in [0.1, 0.15) is 37.8 Å². The van der Waals surface area contributed by atoms with Gasteiger partial charge in [-0.25, -0.2) is 4.79 Å². The second kappa shape index (κ2) is 8.89. The van der Waals surface area contributed by atoms with Crippen molar-refractivity contribution in [3.05, 3.63) is 59.7 Å². The molecule has 0 aromatic heterocycles. The minimum absolute atomic E-state index is 0.0213. The lowest BCUT2D eigenvalue weighted by molar-refractivity contribution is -0.154. The van der Waals surface area contributed by atoms with Gasteiger partial charge in [-0.15, -0.1) is 0 Å². The summed E-state index contributed by atoms with van der Waals surface area (Å²) < 4.78 is 5.55. The van der Waals surface area contributed by atoms with Crippen LogP contribution in [0, 0.1) is 17.3 Å². The van der Waals surface area contributed by atoms with E-state index in [2.05, 4.69) is 29.6 Å². The van der Waals surface area contributed by atoms with E-state index in [0.29, 0.717) is 13.1 Å². The van der Waals surface area contributed by atoms with E-state index in [0.717, 1.165) is 11.1 Å². The average Bonchev–Trinajstić information content (AvgIpc) is 3.09. The molecule has 0 bridgehead atoms. The molecule has 2 aliphatic rings. The highest BCUT2D eigenvalue weighted by atomic mass is 16.5. The summed E-state index contributed by atoms with van der Waals surface area (Å²) in [4.78, 5) is 38.0. The Morgan fingerprint density at radius 2 is 1.61 bits per heavy atom. The van der Waals surface area contributed by atoms with Crippen LogP contribution in [-0.4, -0.2) is 54.2 Å². The second-order valence-electron chi connectivity index (χ2n) is 9.66. The molecule has 1 aliphatic carbocycles. The van der Waals surface area contributed by atoms with Gasteiger partial charge in [-0.3, -0.25) is 9.59 Å². The summed E-state index contributed by atoms with van der Waals surface area (Å²) in [7, 11) is 0. The predicted octanol–water partition coefficient (Wildman–Crippen LogP) is 3.73. The van der Waals surface area contributed by atoms with Crippen LogP contribution in [0.4, 0.5) is 4.79 Å². The number of rotatable bonds is 7. The normalized spacial score (nSPS) is 16.4. The van der Waals surface area contributed by atoms with Crippen LogP contribution in [0.5, 0.6) is 0 Å². The monoisotopic (exact) mass is 450 g/mol. The number of likely N-dealkylation sites (tertiary alicyclic amines) is 1. The summed E-state index contributed by atoms with van der Waals surface area (Å²) in [6, 6.07) is 16.3. The number of carbonyl (C=O) groups excluding carboxylic acids is 2. The topological polar surface area (TPSA) is 95.9 Å². The number of carboxylic acid groups (broad SMARTS) is 1. The smallest absolute Gasteiger partial charge is 0.407 e. The van der Waals surface area contributed by atoms with Gasteiger partial charge in [0.2, 0.25) is 5.91 Å². The Morgan fingerprint density at radius 1 is 1.06 bits per heavy atom. The van der Waals surface area contributed by atoms with Crippen molar-refractivity contribution in [2.75, 3.05) is 26.2 Å². The van der Waals surface area contributed by atoms with Gasteiger partial charge in [0.25, 0.3) is 0 Å². The maximum atomic E-state index is 12.8. The number of aliphatic carboxylic acids is 1. The fourth-order valence-corrected chi connectivity index (χ4v) is 4.64. The molecule has 4 rings (SSSR count). The van der Waals surface area contributed by atoms with Crippen molar-refractivity contribution in [2.24, 2.45) is 17.3 Å². The molecule has 0 saturated carbocycles. The third-order valence-corrected chi connectivity index (χ3v) is 6.89. The summed E-state index contributed by atoms with van der Waals surface area (Å²) in [6.07, 6.45) is -0.557. The zero-order valence-electron chi connectivity index (χ0n) is 19.2. The molecule has 2 aromatic carbocycles. The second-order valence-corrected chi connectivity index (χ2v) is 9.66. The van der Waals surface area contributed by atoms with Crippen molar-refractivity contribution in [1.82, 2.24) is 10.2 Å². The molecule has 2 amide bonds. The number of hydrogen-bond donors (Lipinski definition) is 2. The lowest BCUT2D eigenvalue weighted by atomic mass is 9.83. The average molecular weight is 451 g/mol. The zero-order valence-corrected chi connectivity index (χ0v) is 19.2. The number of benzene rings is 2. The van der Waals surface area contributed by atoms with E-state index in [1.54, 1.807) is 25.7 Å². The Kier molecular flexibility index (Phi) is 6.15. The predicted molar refractivity (Wildman–Crippen MR) is 124 cm³/mol. The van der Waals surface area contributed by atoms with Crippen molar-refractivity contribution in [1.29, 1.82) is 0 Å². The first-order chi connectivity index (χ1) is 15.7. The SMILES string of the molecule is CC(C(=O)O)C1CN(C(=O)C(C)(C)CNC(=O)OCC2c3ccccc3-c3ccccc32)C1. The van der Waals surface area contributed by atoms with E-state index in [4.69, 9.17) is 9.84 Å². The van der Waals surface area contributed by atoms with E-state index in [1.165, 1.54) is 11.1 Å². The molecule has 1 unspecified atom stereocenters. The highest BCUT2D eigenvalue weighted by Gasteiger charge is 2.42. The fraction of sp³-hybridized carbons (Fsp3) is 0.423. The van der Waals surface area contributed by atoms with Crippen LogP contribution in [0.15, 0.2) is 48.5 Å². The lowest BCUT2D eigenvalue weighted by Crippen LogP contribution is -2.58. The molecule has 2 N–H and O–H groups in total. The summed E-state index contributed by atoms with van der Waals surface area (Å²) in [5.41, 5.74) is 3.80. The molecular weight excluding hydrogens is 420 g/mol. The number of hydrogen-bond acceptors (Lipinski definition) is 4. The summed E-state index contributed by atoms with van der Waals surface area (Å²) in [6.45, 7) is 6.42. The summed E-state index contributed by atoms with van der Waals surface area (Å²) in [5, 5.41) is 11.8. The minimum atomic E-state index is -0.844. The zero-order chi connectivity index (χ0) is 23.8. The molecule has 1 atom stereocenters. The van der Waals surface area contributed by atoms with E-state index in [1.807, 2.05) is 24.3 Å². The molecule has 33 heavy (non-hydrogen) atoms. The molecule has 1 aliphatic heterocycles. The van der Waals surface area contributed by atoms with Crippen LogP contribution in [0.25, 0.3) is 11.1 Å². The summed E-state index contributed by atoms with van der Waals surface area (Å²) in [5.74, 6) is -1.47. The van der Waals surface area contributed by atoms with Gasteiger partial charge in [0, 0.05) is 31.5 Å². The Morgan fingerprint density at radius 3 is 2.15 bits per heavy atom. The molecular formula is C26H30N2O5. The molecule has 1 saturated heterocycles. The van der Waals surface area contributed by atoms with Gasteiger partial charge in [-0.05, 0) is 36.1 Å². The Balaban J connectivity index is 1.29. The number of alkyl carbamates (subject to hydrolysis) is 1. The van der Waals surface area contributed by atoms with Crippen molar-refractivity contribution < 1.29 is 24.2 Å². The molecule has 174 valence electrons. The Hall–Kier alpha value is -3.35. The molecule has 1 heterocycles. The van der Waals surface area contributed by atoms with Crippen LogP contribution in [0.2, 0.25) is 0 Å². The quantitative estimate of drug-likeness (QED) is 0.670. The molecule has 2 aromatic rings. The third kappa shape index (κ3) is 4.45. The number of amides is 2. The Bertz CT molecular complexity index is 1030. The van der Waals surface area contributed by atoms with Gasteiger partial charge in [-0.1, -0.05) is 55.5 Å². The first-order valence-electron chi connectivity index (χ1n) is 11.3. The van der Waals surface area contributed by atoms with Crippen LogP contribution in [-0.2, 0) is 14.3 Å². The van der Waals surface area contributed by atoms with E-state index < -0.39 is 23.4 Å². The van der Waals surface area contributed by atoms with Crippen molar-refractivity contribution in [2.45, 2.75) is 26.7 Å². The Labute approximate surface area is 193 Å². The molecule has 0 spiro atoms. The van der Waals surface area contributed by atoms with Crippen LogP contribution >= 0.6 is 0 Å². The number of ether oxygens (including phenoxy) is 1. The number of nitrogens with one attached hydrogen (secondary N) is 1. The number of fused-ring (bicyclic) bond motifs is 3. The molecule has 7 nitrogen and oxygen atoms in total. The third-order valence-electron chi connectivity index (χ3n) is 6.89. The fourth-order valence-electron chi connectivity index (χ4n) is 4.64. The van der Waals surface area contributed by atoms with Gasteiger partial charge in [0.15, 0.2) is 0 Å². The van der Waals surface area contributed by atoms with Crippen molar-refractivity contribution >= 4 is 18.0 Å². The highest BCUT2D eigenvalue weighted by Crippen LogP contribution is 2.44. The summed E-state index contributed by atoms with van der Waals surface area (Å²) >= 11 is 0. The maximum absolute atomic E-state index is 12.8. The van der Waals surface area contributed by atoms with Crippen LogP contribution in [0.3, 0.4) is 0 Å². The molecule has 0 radical (unpaired) electrons. The number of carbonyl (C=O) groups is 3. The van der Waals surface area contributed by atoms with Crippen molar-refractivity contribution in [3.63, 3.8) is 0 Å². The maximum Gasteiger partial charge on any atom is 0.407 e. The van der Waals surface area contributed by atoms with Gasteiger partial charge < -0.3 is 20.1 Å². The van der Waals surface area contributed by atoms with E-state index in [9.17, 15) is 14.4 Å². The lowest BCUT2D eigenvalue weighted by Gasteiger charge is -2.44. The first kappa shape index (κ1) is 22.8. The van der Waals surface area contributed by atoms with Gasteiger partial charge >= 0.3 is 12.1 Å². The van der Waals surface area contributed by atoms with E-state index >= 15 is 0 Å². The van der Waals surface area contributed by atoms with Gasteiger partial charge in [0.1, 0.15) is 6.61 Å². The standard InChI is InChI=1S/C26H30N2O5/c1-16(23(29)30)17-12-28(13-17)24(31)26(2,3)15-27-25(32)33-14-22-20-10-6-4-8-18(20)19-9-5-7-11-21(19)22/h4-11,16-17,22H,12-15H2,1-3H3,(H,27,32)(H,29,30). The number of carboxylic acids is 1.